The van der Waals surface area contributed by atoms with E-state index in [1.54, 1.807) is 12.5 Å². The third-order valence-corrected chi connectivity index (χ3v) is 4.54. The minimum absolute atomic E-state index is 0.137. The van der Waals surface area contributed by atoms with Crippen molar-refractivity contribution in [1.29, 1.82) is 0 Å². The normalized spacial score (nSPS) is 14.7. The molecule has 1 aromatic heterocycles. The highest BCUT2D eigenvalue weighted by Crippen LogP contribution is 2.27. The summed E-state index contributed by atoms with van der Waals surface area (Å²) in [4.78, 5) is 23.0. The van der Waals surface area contributed by atoms with Crippen molar-refractivity contribution in [2.75, 3.05) is 0 Å². The summed E-state index contributed by atoms with van der Waals surface area (Å²) in [6, 6.07) is 14.5. The van der Waals surface area contributed by atoms with Crippen LogP contribution in [-0.4, -0.2) is 20.8 Å². The zero-order valence-electron chi connectivity index (χ0n) is 12.9. The molecule has 1 aliphatic rings. The molecule has 1 aliphatic heterocycles. The number of fused-ring (bicyclic) bond motifs is 2. The summed E-state index contributed by atoms with van der Waals surface area (Å²) in [7, 11) is 0. The summed E-state index contributed by atoms with van der Waals surface area (Å²) in [6.07, 6.45) is 3.34. The highest BCUT2D eigenvalue weighted by Gasteiger charge is 2.28. The fourth-order valence-electron chi connectivity index (χ4n) is 3.15. The van der Waals surface area contributed by atoms with Gasteiger partial charge in [-0.2, -0.15) is 0 Å². The lowest BCUT2D eigenvalue weighted by Crippen LogP contribution is -2.29. The summed E-state index contributed by atoms with van der Waals surface area (Å²) < 4.78 is 0. The summed E-state index contributed by atoms with van der Waals surface area (Å²) in [5.41, 5.74) is 3.06. The van der Waals surface area contributed by atoms with Crippen LogP contribution in [0.25, 0.3) is 10.8 Å². The van der Waals surface area contributed by atoms with Crippen molar-refractivity contribution >= 4 is 16.7 Å². The number of carbonyl (C=O) groups is 1. The molecule has 114 valence electrons. The van der Waals surface area contributed by atoms with Gasteiger partial charge in [0.1, 0.15) is 6.33 Å². The SMILES string of the molecule is CC(C(=O)N1Cc2cncnc2C1)c1ccc2ccccc2c1. The number of aromatic nitrogens is 2. The van der Waals surface area contributed by atoms with E-state index in [9.17, 15) is 4.79 Å². The number of hydrogen-bond acceptors (Lipinski definition) is 3. The minimum atomic E-state index is -0.165. The number of benzene rings is 2. The quantitative estimate of drug-likeness (QED) is 0.730. The second kappa shape index (κ2) is 5.47. The van der Waals surface area contributed by atoms with Crippen LogP contribution in [-0.2, 0) is 17.9 Å². The molecular formula is C19H17N3O. The second-order valence-corrected chi connectivity index (χ2v) is 6.02. The molecule has 0 aliphatic carbocycles. The Bertz CT molecular complexity index is 865. The van der Waals surface area contributed by atoms with Gasteiger partial charge in [-0.15, -0.1) is 0 Å². The van der Waals surface area contributed by atoms with E-state index in [1.165, 1.54) is 10.8 Å². The lowest BCUT2D eigenvalue weighted by molar-refractivity contribution is -0.133. The summed E-state index contributed by atoms with van der Waals surface area (Å²) >= 11 is 0. The summed E-state index contributed by atoms with van der Waals surface area (Å²) in [5.74, 6) is -0.0276. The molecule has 0 spiro atoms. The van der Waals surface area contributed by atoms with E-state index in [2.05, 4.69) is 34.2 Å². The van der Waals surface area contributed by atoms with Crippen LogP contribution in [0.5, 0.6) is 0 Å². The Labute approximate surface area is 134 Å². The topological polar surface area (TPSA) is 46.1 Å². The molecule has 2 heterocycles. The van der Waals surface area contributed by atoms with Gasteiger partial charge in [0.15, 0.2) is 0 Å². The molecule has 0 bridgehead atoms. The molecule has 0 radical (unpaired) electrons. The number of rotatable bonds is 2. The van der Waals surface area contributed by atoms with E-state index in [4.69, 9.17) is 0 Å². The van der Waals surface area contributed by atoms with Crippen molar-refractivity contribution in [3.63, 3.8) is 0 Å². The lowest BCUT2D eigenvalue weighted by Gasteiger charge is -2.20. The largest absolute Gasteiger partial charge is 0.332 e. The van der Waals surface area contributed by atoms with Gasteiger partial charge in [0, 0.05) is 18.3 Å². The molecule has 0 saturated carbocycles. The molecule has 0 N–H and O–H groups in total. The first-order valence-corrected chi connectivity index (χ1v) is 7.77. The van der Waals surface area contributed by atoms with Gasteiger partial charge in [0.25, 0.3) is 0 Å². The van der Waals surface area contributed by atoms with Crippen LogP contribution < -0.4 is 0 Å². The first-order valence-electron chi connectivity index (χ1n) is 7.77. The van der Waals surface area contributed by atoms with Crippen LogP contribution in [0, 0.1) is 0 Å². The van der Waals surface area contributed by atoms with Crippen molar-refractivity contribution in [3.8, 4) is 0 Å². The number of amides is 1. The predicted molar refractivity (Wildman–Crippen MR) is 88.6 cm³/mol. The Balaban J connectivity index is 1.58. The molecule has 1 unspecified atom stereocenters. The van der Waals surface area contributed by atoms with Gasteiger partial charge in [-0.25, -0.2) is 9.97 Å². The fourth-order valence-corrected chi connectivity index (χ4v) is 3.15. The zero-order chi connectivity index (χ0) is 15.8. The monoisotopic (exact) mass is 303 g/mol. The maximum Gasteiger partial charge on any atom is 0.230 e. The van der Waals surface area contributed by atoms with Crippen molar-refractivity contribution in [2.24, 2.45) is 0 Å². The van der Waals surface area contributed by atoms with Crippen LogP contribution in [0.4, 0.5) is 0 Å². The first-order chi connectivity index (χ1) is 11.2. The van der Waals surface area contributed by atoms with Crippen LogP contribution in [0.3, 0.4) is 0 Å². The Morgan fingerprint density at radius 3 is 2.78 bits per heavy atom. The van der Waals surface area contributed by atoms with E-state index in [0.717, 1.165) is 16.8 Å². The zero-order valence-corrected chi connectivity index (χ0v) is 12.9. The number of carbonyl (C=O) groups excluding carboxylic acids is 1. The molecule has 4 nitrogen and oxygen atoms in total. The second-order valence-electron chi connectivity index (χ2n) is 6.02. The van der Waals surface area contributed by atoms with Crippen molar-refractivity contribution in [3.05, 3.63) is 71.8 Å². The first kappa shape index (κ1) is 13.9. The molecule has 2 aromatic carbocycles. The van der Waals surface area contributed by atoms with E-state index in [-0.39, 0.29) is 11.8 Å². The van der Waals surface area contributed by atoms with E-state index in [1.807, 2.05) is 30.0 Å². The van der Waals surface area contributed by atoms with Gasteiger partial charge in [0.05, 0.1) is 18.2 Å². The average molecular weight is 303 g/mol. The molecule has 1 atom stereocenters. The number of hydrogen-bond donors (Lipinski definition) is 0. The Morgan fingerprint density at radius 1 is 1.13 bits per heavy atom. The smallest absolute Gasteiger partial charge is 0.230 e. The lowest BCUT2D eigenvalue weighted by atomic mass is 9.96. The molecule has 3 aromatic rings. The van der Waals surface area contributed by atoms with Gasteiger partial charge in [-0.1, -0.05) is 42.5 Å². The van der Waals surface area contributed by atoms with Crippen molar-refractivity contribution in [2.45, 2.75) is 25.9 Å². The fraction of sp³-hybridized carbons (Fsp3) is 0.211. The molecular weight excluding hydrogens is 286 g/mol. The molecule has 4 heteroatoms. The Kier molecular flexibility index (Phi) is 3.30. The van der Waals surface area contributed by atoms with Crippen LogP contribution in [0.1, 0.15) is 29.7 Å². The average Bonchev–Trinajstić information content (AvgIpc) is 3.04. The summed E-state index contributed by atoms with van der Waals surface area (Å²) in [6.45, 7) is 3.16. The van der Waals surface area contributed by atoms with Gasteiger partial charge in [-0.3, -0.25) is 4.79 Å². The van der Waals surface area contributed by atoms with E-state index < -0.39 is 0 Å². The molecule has 4 rings (SSSR count). The third kappa shape index (κ3) is 2.46. The van der Waals surface area contributed by atoms with Gasteiger partial charge >= 0.3 is 0 Å². The van der Waals surface area contributed by atoms with Gasteiger partial charge in [0.2, 0.25) is 5.91 Å². The van der Waals surface area contributed by atoms with Crippen molar-refractivity contribution < 1.29 is 4.79 Å². The Hall–Kier alpha value is -2.75. The maximum atomic E-state index is 12.8. The van der Waals surface area contributed by atoms with Gasteiger partial charge in [-0.05, 0) is 23.3 Å². The number of nitrogens with zero attached hydrogens (tertiary/aromatic N) is 3. The van der Waals surface area contributed by atoms with E-state index >= 15 is 0 Å². The highest BCUT2D eigenvalue weighted by molar-refractivity contribution is 5.87. The molecule has 23 heavy (non-hydrogen) atoms. The van der Waals surface area contributed by atoms with Crippen molar-refractivity contribution in [1.82, 2.24) is 14.9 Å². The van der Waals surface area contributed by atoms with E-state index in [0.29, 0.717) is 13.1 Å². The molecule has 1 amide bonds. The predicted octanol–water partition coefficient (Wildman–Crippen LogP) is 3.28. The van der Waals surface area contributed by atoms with Gasteiger partial charge < -0.3 is 4.90 Å². The highest BCUT2D eigenvalue weighted by atomic mass is 16.2. The third-order valence-electron chi connectivity index (χ3n) is 4.54. The van der Waals surface area contributed by atoms with Crippen LogP contribution >= 0.6 is 0 Å². The van der Waals surface area contributed by atoms with Crippen LogP contribution in [0.2, 0.25) is 0 Å². The molecule has 0 saturated heterocycles. The Morgan fingerprint density at radius 2 is 1.96 bits per heavy atom. The maximum absolute atomic E-state index is 12.8. The minimum Gasteiger partial charge on any atom is -0.332 e. The summed E-state index contributed by atoms with van der Waals surface area (Å²) in [5, 5.41) is 2.36. The standard InChI is InChI=1S/C19H17N3O/c1-13(15-7-6-14-4-2-3-5-16(14)8-15)19(23)22-10-17-9-20-12-21-18(17)11-22/h2-9,12-13H,10-11H2,1H3. The molecule has 0 fully saturated rings. The van der Waals surface area contributed by atoms with Crippen LogP contribution in [0.15, 0.2) is 55.0 Å².